The predicted molar refractivity (Wildman–Crippen MR) is 81.0 cm³/mol. The third kappa shape index (κ3) is 2.04. The Morgan fingerprint density at radius 1 is 1.05 bits per heavy atom. The first-order valence-electron chi connectivity index (χ1n) is 6.57. The summed E-state index contributed by atoms with van der Waals surface area (Å²) in [6.07, 6.45) is 2.19. The summed E-state index contributed by atoms with van der Waals surface area (Å²) < 4.78 is 2.17. The molecule has 2 aromatic carbocycles. The van der Waals surface area contributed by atoms with E-state index in [0.29, 0.717) is 0 Å². The summed E-state index contributed by atoms with van der Waals surface area (Å²) in [5, 5.41) is 1.28. The Kier molecular flexibility index (Phi) is 2.88. The molecule has 0 bridgehead atoms. The van der Waals surface area contributed by atoms with Crippen LogP contribution in [0.15, 0.2) is 54.7 Å². The molecule has 0 amide bonds. The van der Waals surface area contributed by atoms with E-state index in [0.717, 1.165) is 0 Å². The standard InChI is InChI=1S/C17H18N2/c1-12(18)14-8-9-15-16(11-19(2)17(15)10-14)13-6-4-3-5-7-13/h3-12H,18H2,1-2H3. The second-order valence-electron chi connectivity index (χ2n) is 5.08. The van der Waals surface area contributed by atoms with Gasteiger partial charge in [-0.05, 0) is 24.1 Å². The van der Waals surface area contributed by atoms with Gasteiger partial charge in [0, 0.05) is 35.8 Å². The summed E-state index contributed by atoms with van der Waals surface area (Å²) >= 11 is 0. The Hall–Kier alpha value is -2.06. The van der Waals surface area contributed by atoms with Crippen LogP contribution in [0.2, 0.25) is 0 Å². The summed E-state index contributed by atoms with van der Waals surface area (Å²) in [7, 11) is 2.08. The molecule has 3 aromatic rings. The van der Waals surface area contributed by atoms with Gasteiger partial charge in [0.25, 0.3) is 0 Å². The van der Waals surface area contributed by atoms with Crippen molar-refractivity contribution in [1.29, 1.82) is 0 Å². The predicted octanol–water partition coefficient (Wildman–Crippen LogP) is 3.87. The molecular weight excluding hydrogens is 232 g/mol. The van der Waals surface area contributed by atoms with Gasteiger partial charge in [-0.15, -0.1) is 0 Å². The van der Waals surface area contributed by atoms with E-state index in [1.54, 1.807) is 0 Å². The normalized spacial score (nSPS) is 12.8. The van der Waals surface area contributed by atoms with Crippen LogP contribution < -0.4 is 5.73 Å². The van der Waals surface area contributed by atoms with Gasteiger partial charge < -0.3 is 10.3 Å². The SMILES string of the molecule is CC(N)c1ccc2c(-c3ccccc3)cn(C)c2c1. The average Bonchev–Trinajstić information content (AvgIpc) is 2.77. The molecule has 2 nitrogen and oxygen atoms in total. The molecule has 1 aromatic heterocycles. The van der Waals surface area contributed by atoms with Gasteiger partial charge in [0.2, 0.25) is 0 Å². The second-order valence-corrected chi connectivity index (χ2v) is 5.08. The number of aromatic nitrogens is 1. The van der Waals surface area contributed by atoms with Crippen LogP contribution >= 0.6 is 0 Å². The minimum Gasteiger partial charge on any atom is -0.350 e. The van der Waals surface area contributed by atoms with Gasteiger partial charge in [0.15, 0.2) is 0 Å². The fourth-order valence-electron chi connectivity index (χ4n) is 2.53. The van der Waals surface area contributed by atoms with Gasteiger partial charge in [0.1, 0.15) is 0 Å². The first-order valence-corrected chi connectivity index (χ1v) is 6.57. The van der Waals surface area contributed by atoms with Crippen molar-refractivity contribution in [2.24, 2.45) is 12.8 Å². The Morgan fingerprint density at radius 3 is 2.47 bits per heavy atom. The van der Waals surface area contributed by atoms with Crippen molar-refractivity contribution in [1.82, 2.24) is 4.57 Å². The molecule has 0 aliphatic heterocycles. The highest BCUT2D eigenvalue weighted by Gasteiger charge is 2.10. The van der Waals surface area contributed by atoms with Gasteiger partial charge in [-0.25, -0.2) is 0 Å². The highest BCUT2D eigenvalue weighted by atomic mass is 14.9. The topological polar surface area (TPSA) is 30.9 Å². The molecule has 0 saturated carbocycles. The quantitative estimate of drug-likeness (QED) is 0.735. The van der Waals surface area contributed by atoms with E-state index in [9.17, 15) is 0 Å². The zero-order valence-electron chi connectivity index (χ0n) is 11.3. The minimum absolute atomic E-state index is 0.0690. The van der Waals surface area contributed by atoms with Gasteiger partial charge in [0.05, 0.1) is 0 Å². The number of benzene rings is 2. The van der Waals surface area contributed by atoms with Gasteiger partial charge >= 0.3 is 0 Å². The van der Waals surface area contributed by atoms with Crippen LogP contribution in [0.3, 0.4) is 0 Å². The third-order valence-corrected chi connectivity index (χ3v) is 3.63. The molecule has 1 heterocycles. The molecule has 19 heavy (non-hydrogen) atoms. The van der Waals surface area contributed by atoms with Gasteiger partial charge in [-0.1, -0.05) is 42.5 Å². The van der Waals surface area contributed by atoms with Crippen molar-refractivity contribution >= 4 is 10.9 Å². The van der Waals surface area contributed by atoms with E-state index in [-0.39, 0.29) is 6.04 Å². The van der Waals surface area contributed by atoms with E-state index >= 15 is 0 Å². The van der Waals surface area contributed by atoms with Crippen LogP contribution in [-0.4, -0.2) is 4.57 Å². The molecule has 0 aliphatic carbocycles. The summed E-state index contributed by atoms with van der Waals surface area (Å²) in [6, 6.07) is 17.0. The van der Waals surface area contributed by atoms with E-state index in [4.69, 9.17) is 5.73 Å². The number of rotatable bonds is 2. The smallest absolute Gasteiger partial charge is 0.0487 e. The largest absolute Gasteiger partial charge is 0.350 e. The van der Waals surface area contributed by atoms with Crippen molar-refractivity contribution < 1.29 is 0 Å². The summed E-state index contributed by atoms with van der Waals surface area (Å²) in [4.78, 5) is 0. The highest BCUT2D eigenvalue weighted by Crippen LogP contribution is 2.31. The monoisotopic (exact) mass is 250 g/mol. The van der Waals surface area contributed by atoms with Crippen molar-refractivity contribution in [3.05, 3.63) is 60.3 Å². The zero-order chi connectivity index (χ0) is 13.4. The molecule has 0 fully saturated rings. The lowest BCUT2D eigenvalue weighted by molar-refractivity contribution is 0.818. The van der Waals surface area contributed by atoms with Crippen LogP contribution in [0.25, 0.3) is 22.0 Å². The molecule has 0 radical (unpaired) electrons. The number of aryl methyl sites for hydroxylation is 1. The maximum absolute atomic E-state index is 5.96. The Bertz CT molecular complexity index is 709. The van der Waals surface area contributed by atoms with Crippen LogP contribution in [0.5, 0.6) is 0 Å². The van der Waals surface area contributed by atoms with Crippen molar-refractivity contribution in [3.63, 3.8) is 0 Å². The maximum atomic E-state index is 5.96. The molecule has 1 atom stereocenters. The van der Waals surface area contributed by atoms with E-state index in [2.05, 4.69) is 60.3 Å². The second kappa shape index (κ2) is 4.56. The summed E-state index contributed by atoms with van der Waals surface area (Å²) in [5.41, 5.74) is 10.9. The first kappa shape index (κ1) is 12.0. The number of hydrogen-bond donors (Lipinski definition) is 1. The van der Waals surface area contributed by atoms with Crippen molar-refractivity contribution in [2.75, 3.05) is 0 Å². The molecule has 3 rings (SSSR count). The molecule has 96 valence electrons. The van der Waals surface area contributed by atoms with Crippen LogP contribution in [-0.2, 0) is 7.05 Å². The minimum atomic E-state index is 0.0690. The number of nitrogens with two attached hydrogens (primary N) is 1. The first-order chi connectivity index (χ1) is 9.16. The summed E-state index contributed by atoms with van der Waals surface area (Å²) in [5.74, 6) is 0. The molecule has 0 spiro atoms. The lowest BCUT2D eigenvalue weighted by atomic mass is 10.0. The van der Waals surface area contributed by atoms with Crippen LogP contribution in [0.1, 0.15) is 18.5 Å². The molecule has 2 heteroatoms. The fourth-order valence-corrected chi connectivity index (χ4v) is 2.53. The lowest BCUT2D eigenvalue weighted by Crippen LogP contribution is -2.04. The van der Waals surface area contributed by atoms with E-state index in [1.165, 1.54) is 27.6 Å². The van der Waals surface area contributed by atoms with Crippen LogP contribution in [0.4, 0.5) is 0 Å². The molecule has 0 saturated heterocycles. The number of nitrogens with zero attached hydrogens (tertiary/aromatic N) is 1. The van der Waals surface area contributed by atoms with Crippen LogP contribution in [0, 0.1) is 0 Å². The highest BCUT2D eigenvalue weighted by molar-refractivity contribution is 5.96. The molecule has 2 N–H and O–H groups in total. The summed E-state index contributed by atoms with van der Waals surface area (Å²) in [6.45, 7) is 2.02. The lowest BCUT2D eigenvalue weighted by Gasteiger charge is -2.06. The maximum Gasteiger partial charge on any atom is 0.0487 e. The van der Waals surface area contributed by atoms with E-state index < -0.39 is 0 Å². The zero-order valence-corrected chi connectivity index (χ0v) is 11.3. The molecule has 1 unspecified atom stereocenters. The van der Waals surface area contributed by atoms with Gasteiger partial charge in [-0.3, -0.25) is 0 Å². The van der Waals surface area contributed by atoms with Crippen molar-refractivity contribution in [3.8, 4) is 11.1 Å². The number of hydrogen-bond acceptors (Lipinski definition) is 1. The van der Waals surface area contributed by atoms with E-state index in [1.807, 2.05) is 13.0 Å². The average molecular weight is 250 g/mol. The Morgan fingerprint density at radius 2 is 1.79 bits per heavy atom. The molecule has 0 aliphatic rings. The third-order valence-electron chi connectivity index (χ3n) is 3.63. The Balaban J connectivity index is 2.23. The molecular formula is C17H18N2. The Labute approximate surface area is 113 Å². The van der Waals surface area contributed by atoms with Crippen molar-refractivity contribution in [2.45, 2.75) is 13.0 Å². The van der Waals surface area contributed by atoms with Gasteiger partial charge in [-0.2, -0.15) is 0 Å². The number of fused-ring (bicyclic) bond motifs is 1. The fraction of sp³-hybridized carbons (Fsp3) is 0.176.